The molecule has 152 valence electrons. The van der Waals surface area contributed by atoms with Gasteiger partial charge in [0, 0.05) is 43.2 Å². The summed E-state index contributed by atoms with van der Waals surface area (Å²) in [5.41, 5.74) is -0.490. The van der Waals surface area contributed by atoms with Crippen LogP contribution in [-0.2, 0) is 18.0 Å². The minimum atomic E-state index is -4.53. The molecule has 10 heteroatoms. The van der Waals surface area contributed by atoms with E-state index in [1.165, 1.54) is 6.07 Å². The Kier molecular flexibility index (Phi) is 5.07. The Morgan fingerprint density at radius 3 is 2.43 bits per heavy atom. The molecule has 0 spiro atoms. The van der Waals surface area contributed by atoms with Crippen LogP contribution in [0, 0.1) is 5.92 Å². The number of rotatable bonds is 4. The first-order valence-corrected chi connectivity index (χ1v) is 8.92. The van der Waals surface area contributed by atoms with E-state index in [2.05, 4.69) is 20.6 Å². The van der Waals surface area contributed by atoms with Crippen molar-refractivity contribution < 1.29 is 18.0 Å². The second-order valence-electron chi connectivity index (χ2n) is 7.97. The summed E-state index contributed by atoms with van der Waals surface area (Å²) in [6.07, 6.45) is -0.570. The molecule has 7 nitrogen and oxygen atoms in total. The number of hydrogen-bond donors (Lipinski definition) is 1. The Morgan fingerprint density at radius 2 is 1.93 bits per heavy atom. The van der Waals surface area contributed by atoms with E-state index in [1.54, 1.807) is 10.9 Å². The normalized spacial score (nSPS) is 20.7. The first-order valence-electron chi connectivity index (χ1n) is 8.92. The van der Waals surface area contributed by atoms with Crippen LogP contribution in [0.3, 0.4) is 0 Å². The number of carbonyl (C=O) groups excluding carboxylic acids is 1. The highest BCUT2D eigenvalue weighted by Crippen LogP contribution is 2.42. The molecule has 0 bridgehead atoms. The summed E-state index contributed by atoms with van der Waals surface area (Å²) in [5, 5.41) is 14.1. The SMILES string of the molecule is Cn1cc([C@@H]2[C@@H](CNc3ccc(C(F)(F)F)nn3)CC(=O)N2C(C)(C)C)cn1. The number of hydrogen-bond acceptors (Lipinski definition) is 5. The molecule has 0 aliphatic carbocycles. The molecule has 3 rings (SSSR count). The maximum atomic E-state index is 12.7. The molecule has 1 N–H and O–H groups in total. The summed E-state index contributed by atoms with van der Waals surface area (Å²) in [4.78, 5) is 14.6. The van der Waals surface area contributed by atoms with Gasteiger partial charge in [-0.25, -0.2) is 0 Å². The Hall–Kier alpha value is -2.65. The third-order valence-corrected chi connectivity index (χ3v) is 4.72. The molecule has 1 aliphatic rings. The van der Waals surface area contributed by atoms with Gasteiger partial charge in [-0.1, -0.05) is 0 Å². The molecule has 0 unspecified atom stereocenters. The number of alkyl halides is 3. The average molecular weight is 396 g/mol. The first-order chi connectivity index (χ1) is 13.0. The Bertz CT molecular complexity index is 840. The zero-order valence-corrected chi connectivity index (χ0v) is 16.2. The summed E-state index contributed by atoms with van der Waals surface area (Å²) < 4.78 is 39.5. The minimum Gasteiger partial charge on any atom is -0.368 e. The van der Waals surface area contributed by atoms with Crippen LogP contribution in [0.1, 0.15) is 44.5 Å². The highest BCUT2D eigenvalue weighted by molar-refractivity contribution is 5.80. The predicted octanol–water partition coefficient (Wildman–Crippen LogP) is 3.03. The van der Waals surface area contributed by atoms with Crippen molar-refractivity contribution in [2.24, 2.45) is 13.0 Å². The molecule has 0 saturated carbocycles. The number of nitrogens with one attached hydrogen (secondary N) is 1. The van der Waals surface area contributed by atoms with Gasteiger partial charge in [0.1, 0.15) is 5.82 Å². The molecule has 2 aromatic rings. The summed E-state index contributed by atoms with van der Waals surface area (Å²) in [5.74, 6) is 0.186. The lowest BCUT2D eigenvalue weighted by atomic mass is 9.93. The van der Waals surface area contributed by atoms with Gasteiger partial charge in [0.05, 0.1) is 12.2 Å². The number of likely N-dealkylation sites (tertiary alicyclic amines) is 1. The van der Waals surface area contributed by atoms with Crippen LogP contribution in [-0.4, -0.2) is 42.9 Å². The maximum Gasteiger partial charge on any atom is 0.435 e. The fraction of sp³-hybridized carbons (Fsp3) is 0.556. The van der Waals surface area contributed by atoms with Gasteiger partial charge in [-0.2, -0.15) is 18.3 Å². The van der Waals surface area contributed by atoms with Gasteiger partial charge >= 0.3 is 6.18 Å². The molecular formula is C18H23F3N6O. The van der Waals surface area contributed by atoms with Gasteiger partial charge < -0.3 is 10.2 Å². The number of amides is 1. The maximum absolute atomic E-state index is 12.7. The Balaban J connectivity index is 1.79. The number of aromatic nitrogens is 4. The van der Waals surface area contributed by atoms with Crippen molar-refractivity contribution in [3.8, 4) is 0 Å². The zero-order chi connectivity index (χ0) is 20.7. The predicted molar refractivity (Wildman–Crippen MR) is 96.2 cm³/mol. The van der Waals surface area contributed by atoms with Crippen molar-refractivity contribution in [2.75, 3.05) is 11.9 Å². The number of nitrogens with zero attached hydrogens (tertiary/aromatic N) is 5. The molecule has 2 aromatic heterocycles. The molecule has 0 aromatic carbocycles. The third kappa shape index (κ3) is 4.10. The van der Waals surface area contributed by atoms with Crippen LogP contribution < -0.4 is 5.32 Å². The van der Waals surface area contributed by atoms with Crippen LogP contribution >= 0.6 is 0 Å². The van der Waals surface area contributed by atoms with Crippen molar-refractivity contribution in [2.45, 2.75) is 44.9 Å². The number of halogens is 3. The van der Waals surface area contributed by atoms with Crippen molar-refractivity contribution in [3.05, 3.63) is 35.8 Å². The first kappa shape index (κ1) is 20.1. The molecule has 0 radical (unpaired) electrons. The molecule has 1 saturated heterocycles. The van der Waals surface area contributed by atoms with Gasteiger partial charge in [-0.15, -0.1) is 10.2 Å². The van der Waals surface area contributed by atoms with E-state index in [9.17, 15) is 18.0 Å². The molecule has 28 heavy (non-hydrogen) atoms. The minimum absolute atomic E-state index is 0.0339. The molecule has 1 amide bonds. The number of aryl methyl sites for hydroxylation is 1. The van der Waals surface area contributed by atoms with E-state index in [4.69, 9.17) is 0 Å². The lowest BCUT2D eigenvalue weighted by Crippen LogP contribution is -2.44. The summed E-state index contributed by atoms with van der Waals surface area (Å²) in [6.45, 7) is 6.31. The number of anilines is 1. The molecular weight excluding hydrogens is 373 g/mol. The van der Waals surface area contributed by atoms with Crippen molar-refractivity contribution >= 4 is 11.7 Å². The van der Waals surface area contributed by atoms with E-state index < -0.39 is 11.9 Å². The highest BCUT2D eigenvalue weighted by Gasteiger charge is 2.45. The highest BCUT2D eigenvalue weighted by atomic mass is 19.4. The van der Waals surface area contributed by atoms with Crippen molar-refractivity contribution in [3.63, 3.8) is 0 Å². The summed E-state index contributed by atoms with van der Waals surface area (Å²) >= 11 is 0. The van der Waals surface area contributed by atoms with Gasteiger partial charge in [0.2, 0.25) is 5.91 Å². The van der Waals surface area contributed by atoms with Gasteiger partial charge in [0.25, 0.3) is 0 Å². The fourth-order valence-electron chi connectivity index (χ4n) is 3.60. The van der Waals surface area contributed by atoms with E-state index in [1.807, 2.05) is 38.9 Å². The van der Waals surface area contributed by atoms with Crippen molar-refractivity contribution in [1.29, 1.82) is 0 Å². The lowest BCUT2D eigenvalue weighted by Gasteiger charge is -2.38. The van der Waals surface area contributed by atoms with Crippen LogP contribution in [0.15, 0.2) is 24.5 Å². The topological polar surface area (TPSA) is 75.9 Å². The summed E-state index contributed by atoms with van der Waals surface area (Å²) in [7, 11) is 1.81. The second-order valence-corrected chi connectivity index (χ2v) is 7.97. The monoisotopic (exact) mass is 396 g/mol. The molecule has 1 fully saturated rings. The Morgan fingerprint density at radius 1 is 1.21 bits per heavy atom. The second kappa shape index (κ2) is 7.06. The van der Waals surface area contributed by atoms with E-state index in [-0.39, 0.29) is 29.2 Å². The van der Waals surface area contributed by atoms with E-state index in [0.29, 0.717) is 13.0 Å². The summed E-state index contributed by atoms with van der Waals surface area (Å²) in [6, 6.07) is 1.94. The quantitative estimate of drug-likeness (QED) is 0.860. The lowest BCUT2D eigenvalue weighted by molar-refractivity contribution is -0.141. The Labute approximate surface area is 160 Å². The van der Waals surface area contributed by atoms with Gasteiger partial charge in [0.15, 0.2) is 5.69 Å². The van der Waals surface area contributed by atoms with Gasteiger partial charge in [-0.3, -0.25) is 9.48 Å². The fourth-order valence-corrected chi connectivity index (χ4v) is 3.60. The molecule has 3 heterocycles. The van der Waals surface area contributed by atoms with Crippen molar-refractivity contribution in [1.82, 2.24) is 24.9 Å². The average Bonchev–Trinajstić information content (AvgIpc) is 3.15. The zero-order valence-electron chi connectivity index (χ0n) is 16.2. The van der Waals surface area contributed by atoms with E-state index in [0.717, 1.165) is 11.6 Å². The smallest absolute Gasteiger partial charge is 0.368 e. The third-order valence-electron chi connectivity index (χ3n) is 4.72. The number of carbonyl (C=O) groups is 1. The molecule has 2 atom stereocenters. The van der Waals surface area contributed by atoms with Crippen LogP contribution in [0.25, 0.3) is 0 Å². The van der Waals surface area contributed by atoms with Crippen LogP contribution in [0.4, 0.5) is 19.0 Å². The largest absolute Gasteiger partial charge is 0.435 e. The van der Waals surface area contributed by atoms with Crippen LogP contribution in [0.2, 0.25) is 0 Å². The van der Waals surface area contributed by atoms with Gasteiger partial charge in [-0.05, 0) is 32.9 Å². The molecule has 1 aliphatic heterocycles. The standard InChI is InChI=1S/C18H23F3N6O/c1-17(2,3)27-15(28)7-11(16(27)12-9-23-26(4)10-12)8-22-14-6-5-13(24-25-14)18(19,20)21/h5-6,9-11,16H,7-8H2,1-4H3,(H,22,25)/t11-,16+/m1/s1. The van der Waals surface area contributed by atoms with Crippen LogP contribution in [0.5, 0.6) is 0 Å². The van der Waals surface area contributed by atoms with E-state index >= 15 is 0 Å².